The van der Waals surface area contributed by atoms with Crippen molar-refractivity contribution in [2.75, 3.05) is 5.88 Å². The minimum absolute atomic E-state index is 0.00427. The minimum Gasteiger partial charge on any atom is -0.347 e. The largest absolute Gasteiger partial charge is 0.347 e. The van der Waals surface area contributed by atoms with Gasteiger partial charge in [0.25, 0.3) is 5.91 Å². The third-order valence-electron chi connectivity index (χ3n) is 1.97. The zero-order valence-electron chi connectivity index (χ0n) is 8.34. The number of pyridine rings is 1. The number of halogens is 2. The normalized spacial score (nSPS) is 12.2. The lowest BCUT2D eigenvalue weighted by atomic mass is 10.2. The Labute approximate surface area is 102 Å². The number of hydrogen-bond donors (Lipinski definition) is 1. The Balaban J connectivity index is 2.64. The number of nitrogens with one attached hydrogen (secondary N) is 1. The smallest absolute Gasteiger partial charge is 0.270 e. The monoisotopic (exact) mass is 290 g/mol. The first kappa shape index (κ1) is 12.5. The van der Waals surface area contributed by atoms with Gasteiger partial charge in [-0.3, -0.25) is 4.79 Å². The summed E-state index contributed by atoms with van der Waals surface area (Å²) >= 11 is 8.94. The molecular formula is C10H12BrClN2O. The predicted molar refractivity (Wildman–Crippen MR) is 64.2 cm³/mol. The molecule has 1 aromatic heterocycles. The predicted octanol–water partition coefficient (Wildman–Crippen LogP) is 2.59. The summed E-state index contributed by atoms with van der Waals surface area (Å²) in [4.78, 5) is 15.6. The van der Waals surface area contributed by atoms with Crippen LogP contribution in [0.1, 0.15) is 23.8 Å². The highest BCUT2D eigenvalue weighted by Gasteiger charge is 2.11. The Morgan fingerprint density at radius 2 is 2.40 bits per heavy atom. The fourth-order valence-corrected chi connectivity index (χ4v) is 1.55. The molecule has 5 heteroatoms. The van der Waals surface area contributed by atoms with Gasteiger partial charge in [0.05, 0.1) is 0 Å². The Kier molecular flexibility index (Phi) is 5.05. The average molecular weight is 292 g/mol. The molecule has 1 N–H and O–H groups in total. The van der Waals surface area contributed by atoms with Crippen molar-refractivity contribution in [3.05, 3.63) is 28.5 Å². The van der Waals surface area contributed by atoms with Crippen LogP contribution < -0.4 is 5.32 Å². The zero-order chi connectivity index (χ0) is 11.3. The van der Waals surface area contributed by atoms with Gasteiger partial charge in [-0.05, 0) is 34.5 Å². The molecule has 82 valence electrons. The fourth-order valence-electron chi connectivity index (χ4n) is 1.02. The lowest BCUT2D eigenvalue weighted by Gasteiger charge is -2.12. The SMILES string of the molecule is CCC(CCl)NC(=O)c1ccc(Br)cn1. The fraction of sp³-hybridized carbons (Fsp3) is 0.400. The van der Waals surface area contributed by atoms with E-state index >= 15 is 0 Å². The standard InChI is InChI=1S/C10H12BrClN2O/c1-2-8(5-12)14-10(15)9-4-3-7(11)6-13-9/h3-4,6,8H,2,5H2,1H3,(H,14,15). The molecule has 1 amide bonds. The molecular weight excluding hydrogens is 279 g/mol. The Hall–Kier alpha value is -0.610. The second-order valence-electron chi connectivity index (χ2n) is 3.09. The molecule has 0 aliphatic rings. The Bertz CT molecular complexity index is 325. The first-order chi connectivity index (χ1) is 7.17. The van der Waals surface area contributed by atoms with E-state index in [4.69, 9.17) is 11.6 Å². The lowest BCUT2D eigenvalue weighted by molar-refractivity contribution is 0.0934. The molecule has 0 saturated heterocycles. The van der Waals surface area contributed by atoms with Crippen molar-refractivity contribution in [2.24, 2.45) is 0 Å². The van der Waals surface area contributed by atoms with E-state index in [9.17, 15) is 4.79 Å². The van der Waals surface area contributed by atoms with Gasteiger partial charge < -0.3 is 5.32 Å². The highest BCUT2D eigenvalue weighted by molar-refractivity contribution is 9.10. The number of carbonyl (C=O) groups excluding carboxylic acids is 1. The van der Waals surface area contributed by atoms with Crippen molar-refractivity contribution in [2.45, 2.75) is 19.4 Å². The molecule has 1 atom stereocenters. The molecule has 1 unspecified atom stereocenters. The molecule has 0 aliphatic carbocycles. The van der Waals surface area contributed by atoms with Crippen LogP contribution in [-0.4, -0.2) is 22.8 Å². The van der Waals surface area contributed by atoms with E-state index in [-0.39, 0.29) is 11.9 Å². The summed E-state index contributed by atoms with van der Waals surface area (Å²) in [5.74, 6) is 0.230. The third kappa shape index (κ3) is 3.80. The van der Waals surface area contributed by atoms with Crippen LogP contribution >= 0.6 is 27.5 Å². The summed E-state index contributed by atoms with van der Waals surface area (Å²) in [6, 6.07) is 3.45. The lowest BCUT2D eigenvalue weighted by Crippen LogP contribution is -2.36. The van der Waals surface area contributed by atoms with Crippen LogP contribution in [0.4, 0.5) is 0 Å². The molecule has 0 saturated carbocycles. The molecule has 0 radical (unpaired) electrons. The van der Waals surface area contributed by atoms with Gasteiger partial charge in [-0.25, -0.2) is 4.98 Å². The van der Waals surface area contributed by atoms with E-state index in [2.05, 4.69) is 26.2 Å². The van der Waals surface area contributed by atoms with E-state index in [1.165, 1.54) is 0 Å². The molecule has 0 bridgehead atoms. The zero-order valence-corrected chi connectivity index (χ0v) is 10.7. The van der Waals surface area contributed by atoms with Crippen molar-refractivity contribution in [3.63, 3.8) is 0 Å². The van der Waals surface area contributed by atoms with Crippen LogP contribution in [0.2, 0.25) is 0 Å². The van der Waals surface area contributed by atoms with E-state index in [1.54, 1.807) is 18.3 Å². The van der Waals surface area contributed by atoms with Crippen molar-refractivity contribution in [1.29, 1.82) is 0 Å². The highest BCUT2D eigenvalue weighted by Crippen LogP contribution is 2.07. The summed E-state index contributed by atoms with van der Waals surface area (Å²) in [6.45, 7) is 1.97. The first-order valence-corrected chi connectivity index (χ1v) is 5.98. The van der Waals surface area contributed by atoms with Gasteiger partial charge in [0.2, 0.25) is 0 Å². The number of alkyl halides is 1. The van der Waals surface area contributed by atoms with Crippen LogP contribution in [0.25, 0.3) is 0 Å². The Morgan fingerprint density at radius 3 is 2.87 bits per heavy atom. The second-order valence-corrected chi connectivity index (χ2v) is 4.32. The van der Waals surface area contributed by atoms with Crippen LogP contribution in [0, 0.1) is 0 Å². The maximum Gasteiger partial charge on any atom is 0.270 e. The maximum absolute atomic E-state index is 11.6. The molecule has 0 aromatic carbocycles. The molecule has 1 heterocycles. The summed E-state index contributed by atoms with van der Waals surface area (Å²) in [5, 5.41) is 2.80. The van der Waals surface area contributed by atoms with Crippen molar-refractivity contribution >= 4 is 33.4 Å². The van der Waals surface area contributed by atoms with E-state index < -0.39 is 0 Å². The molecule has 3 nitrogen and oxygen atoms in total. The number of nitrogens with zero attached hydrogens (tertiary/aromatic N) is 1. The van der Waals surface area contributed by atoms with Gasteiger partial charge in [-0.2, -0.15) is 0 Å². The van der Waals surface area contributed by atoms with Gasteiger partial charge in [0.1, 0.15) is 5.69 Å². The molecule has 1 rings (SSSR count). The van der Waals surface area contributed by atoms with E-state index in [0.717, 1.165) is 10.9 Å². The topological polar surface area (TPSA) is 42.0 Å². The van der Waals surface area contributed by atoms with E-state index in [0.29, 0.717) is 11.6 Å². The summed E-state index contributed by atoms with van der Waals surface area (Å²) in [6.07, 6.45) is 2.41. The summed E-state index contributed by atoms with van der Waals surface area (Å²) in [5.41, 5.74) is 0.404. The van der Waals surface area contributed by atoms with Crippen molar-refractivity contribution in [3.8, 4) is 0 Å². The van der Waals surface area contributed by atoms with Gasteiger partial charge in [-0.1, -0.05) is 6.92 Å². The highest BCUT2D eigenvalue weighted by atomic mass is 79.9. The van der Waals surface area contributed by atoms with Crippen LogP contribution in [0.15, 0.2) is 22.8 Å². The van der Waals surface area contributed by atoms with Crippen LogP contribution in [0.5, 0.6) is 0 Å². The number of amides is 1. The summed E-state index contributed by atoms with van der Waals surface area (Å²) < 4.78 is 0.850. The van der Waals surface area contributed by atoms with Crippen LogP contribution in [0.3, 0.4) is 0 Å². The molecule has 15 heavy (non-hydrogen) atoms. The number of carbonyl (C=O) groups is 1. The minimum atomic E-state index is -0.185. The molecule has 1 aromatic rings. The number of hydrogen-bond acceptors (Lipinski definition) is 2. The molecule has 0 fully saturated rings. The van der Waals surface area contributed by atoms with Crippen molar-refractivity contribution in [1.82, 2.24) is 10.3 Å². The second kappa shape index (κ2) is 6.08. The third-order valence-corrected chi connectivity index (χ3v) is 2.82. The van der Waals surface area contributed by atoms with Gasteiger partial charge in [-0.15, -0.1) is 11.6 Å². The van der Waals surface area contributed by atoms with Crippen molar-refractivity contribution < 1.29 is 4.79 Å². The maximum atomic E-state index is 11.6. The molecule has 0 aliphatic heterocycles. The van der Waals surface area contributed by atoms with E-state index in [1.807, 2.05) is 6.92 Å². The first-order valence-electron chi connectivity index (χ1n) is 4.65. The number of rotatable bonds is 4. The average Bonchev–Trinajstić information content (AvgIpc) is 2.26. The van der Waals surface area contributed by atoms with Crippen LogP contribution in [-0.2, 0) is 0 Å². The number of aromatic nitrogens is 1. The van der Waals surface area contributed by atoms with Gasteiger partial charge >= 0.3 is 0 Å². The van der Waals surface area contributed by atoms with Gasteiger partial charge in [0.15, 0.2) is 0 Å². The quantitative estimate of drug-likeness (QED) is 0.867. The summed E-state index contributed by atoms with van der Waals surface area (Å²) in [7, 11) is 0. The Morgan fingerprint density at radius 1 is 1.67 bits per heavy atom. The molecule has 0 spiro atoms. The van der Waals surface area contributed by atoms with Gasteiger partial charge in [0, 0.05) is 22.6 Å².